The van der Waals surface area contributed by atoms with Gasteiger partial charge in [0.05, 0.1) is 30.4 Å². The van der Waals surface area contributed by atoms with E-state index in [1.165, 1.54) is 18.4 Å². The standard InChI is InChI=1S/C37H52ClN5O7/c1-21-14-24(17-25(38)31(21)49-6)27-18-37(50-42-27)19-28(33(46)40-26(15-23-12-13-23)30(45)34(47)39-5)43(20-37)35(48)32(36(2,3)4)41-29(44)16-22-10-8-7-9-11-22/h14,17,22-23,26,28,32H,7-13,15-16,18-20H2,1-6H3,(H,39,47)(H,40,46)(H,41,44)/t26-,28-,32+,37+/m0/s1. The Bertz CT molecular complexity index is 1510. The molecule has 2 heterocycles. The fourth-order valence-corrected chi connectivity index (χ4v) is 7.94. The quantitative estimate of drug-likeness (QED) is 0.274. The molecule has 13 heteroatoms. The van der Waals surface area contributed by atoms with Gasteiger partial charge >= 0.3 is 0 Å². The Kier molecular flexibility index (Phi) is 11.5. The molecule has 4 aliphatic rings. The number of benzene rings is 1. The Hall–Kier alpha value is -3.67. The van der Waals surface area contributed by atoms with Crippen LogP contribution in [0.15, 0.2) is 17.3 Å². The van der Waals surface area contributed by atoms with Gasteiger partial charge < -0.3 is 30.4 Å². The Morgan fingerprint density at radius 2 is 1.76 bits per heavy atom. The highest BCUT2D eigenvalue weighted by molar-refractivity contribution is 6.38. The van der Waals surface area contributed by atoms with Gasteiger partial charge in [-0.15, -0.1) is 0 Å². The zero-order valence-electron chi connectivity index (χ0n) is 30.2. The lowest BCUT2D eigenvalue weighted by atomic mass is 9.84. The number of likely N-dealkylation sites (tertiary alicyclic amines) is 1. The molecule has 3 N–H and O–H groups in total. The predicted molar refractivity (Wildman–Crippen MR) is 189 cm³/mol. The van der Waals surface area contributed by atoms with Crippen LogP contribution in [0.1, 0.15) is 103 Å². The van der Waals surface area contributed by atoms with Crippen LogP contribution in [0.4, 0.5) is 0 Å². The fraction of sp³-hybridized carbons (Fsp3) is 0.676. The Balaban J connectivity index is 1.41. The number of rotatable bonds is 12. The van der Waals surface area contributed by atoms with Crippen LogP contribution >= 0.6 is 11.6 Å². The molecule has 4 amide bonds. The van der Waals surface area contributed by atoms with E-state index < -0.39 is 52.6 Å². The monoisotopic (exact) mass is 713 g/mol. The topological polar surface area (TPSA) is 156 Å². The number of oxime groups is 1. The minimum absolute atomic E-state index is 0.0293. The predicted octanol–water partition coefficient (Wildman–Crippen LogP) is 4.22. The number of aryl methyl sites for hydroxylation is 1. The van der Waals surface area contributed by atoms with Crippen LogP contribution in [0, 0.1) is 24.2 Å². The van der Waals surface area contributed by atoms with Crippen molar-refractivity contribution in [1.82, 2.24) is 20.9 Å². The number of hydrogen-bond donors (Lipinski definition) is 3. The van der Waals surface area contributed by atoms with E-state index in [4.69, 9.17) is 21.2 Å². The second-order valence-electron chi connectivity index (χ2n) is 15.7. The van der Waals surface area contributed by atoms with E-state index >= 15 is 0 Å². The zero-order valence-corrected chi connectivity index (χ0v) is 30.9. The first-order chi connectivity index (χ1) is 23.6. The Morgan fingerprint density at radius 3 is 2.36 bits per heavy atom. The third kappa shape index (κ3) is 8.61. The highest BCUT2D eigenvalue weighted by Gasteiger charge is 2.56. The molecule has 0 unspecified atom stereocenters. The number of methoxy groups -OCH3 is 1. The lowest BCUT2D eigenvalue weighted by Gasteiger charge is -2.36. The van der Waals surface area contributed by atoms with Crippen LogP contribution in [0.25, 0.3) is 0 Å². The summed E-state index contributed by atoms with van der Waals surface area (Å²) in [5.74, 6) is -1.59. The van der Waals surface area contributed by atoms with E-state index in [1.807, 2.05) is 33.8 Å². The number of nitrogens with one attached hydrogen (secondary N) is 3. The van der Waals surface area contributed by atoms with Crippen LogP contribution in [0.5, 0.6) is 5.75 Å². The van der Waals surface area contributed by atoms with E-state index in [0.717, 1.165) is 49.7 Å². The molecule has 5 rings (SSSR count). The summed E-state index contributed by atoms with van der Waals surface area (Å²) in [5, 5.41) is 13.1. The summed E-state index contributed by atoms with van der Waals surface area (Å²) in [6, 6.07) is 0.651. The molecule has 1 aromatic carbocycles. The zero-order chi connectivity index (χ0) is 36.4. The van der Waals surface area contributed by atoms with Gasteiger partial charge in [-0.2, -0.15) is 0 Å². The number of amides is 4. The molecule has 0 radical (unpaired) electrons. The average Bonchev–Trinajstić information content (AvgIpc) is 3.67. The maximum absolute atomic E-state index is 14.6. The first-order valence-electron chi connectivity index (χ1n) is 17.9. The molecule has 1 saturated heterocycles. The van der Waals surface area contributed by atoms with Gasteiger partial charge in [0, 0.05) is 31.9 Å². The molecule has 2 saturated carbocycles. The van der Waals surface area contributed by atoms with Gasteiger partial charge in [0.25, 0.3) is 5.91 Å². The SMILES string of the molecule is CNC(=O)C(=O)[C@H](CC1CC1)NC(=O)[C@@H]1C[C@]2(CC(c3cc(C)c(OC)c(Cl)c3)=NO2)CN1C(=O)[C@@H](NC(=O)CC1CCCCC1)C(C)(C)C. The normalized spacial score (nSPS) is 23.5. The molecule has 3 fully saturated rings. The Morgan fingerprint density at radius 1 is 1.06 bits per heavy atom. The van der Waals surface area contributed by atoms with Crippen molar-refractivity contribution >= 4 is 46.7 Å². The molecule has 274 valence electrons. The number of carbonyl (C=O) groups excluding carboxylic acids is 5. The molecule has 50 heavy (non-hydrogen) atoms. The largest absolute Gasteiger partial charge is 0.495 e. The summed E-state index contributed by atoms with van der Waals surface area (Å²) in [6.45, 7) is 7.56. The number of ether oxygens (including phenoxy) is 1. The number of nitrogens with zero attached hydrogens (tertiary/aromatic N) is 2. The van der Waals surface area contributed by atoms with Crippen molar-refractivity contribution in [2.75, 3.05) is 20.7 Å². The van der Waals surface area contributed by atoms with Gasteiger partial charge in [-0.05, 0) is 61.1 Å². The van der Waals surface area contributed by atoms with Gasteiger partial charge in [-0.25, -0.2) is 0 Å². The van der Waals surface area contributed by atoms with Crippen molar-refractivity contribution in [2.45, 2.75) is 122 Å². The van der Waals surface area contributed by atoms with Gasteiger partial charge in [0.2, 0.25) is 23.5 Å². The summed E-state index contributed by atoms with van der Waals surface area (Å²) in [6.07, 6.45) is 8.28. The highest BCUT2D eigenvalue weighted by Crippen LogP contribution is 2.41. The van der Waals surface area contributed by atoms with Crippen LogP contribution in [0.2, 0.25) is 5.02 Å². The van der Waals surface area contributed by atoms with E-state index in [-0.39, 0.29) is 30.7 Å². The van der Waals surface area contributed by atoms with Gasteiger partial charge in [-0.1, -0.05) is 69.6 Å². The maximum Gasteiger partial charge on any atom is 0.289 e. The third-order valence-electron chi connectivity index (χ3n) is 10.6. The summed E-state index contributed by atoms with van der Waals surface area (Å²) in [7, 11) is 2.92. The highest BCUT2D eigenvalue weighted by atomic mass is 35.5. The molecule has 1 aromatic rings. The van der Waals surface area contributed by atoms with E-state index in [1.54, 1.807) is 13.2 Å². The Labute approximate surface area is 299 Å². The number of ketones is 1. The summed E-state index contributed by atoms with van der Waals surface area (Å²) >= 11 is 6.50. The molecule has 4 atom stereocenters. The molecule has 2 aliphatic heterocycles. The summed E-state index contributed by atoms with van der Waals surface area (Å²) in [5.41, 5.74) is 0.437. The third-order valence-corrected chi connectivity index (χ3v) is 10.8. The van der Waals surface area contributed by atoms with E-state index in [0.29, 0.717) is 35.7 Å². The average molecular weight is 714 g/mol. The molecule has 2 aliphatic carbocycles. The van der Waals surface area contributed by atoms with Crippen LogP contribution < -0.4 is 20.7 Å². The first kappa shape index (κ1) is 37.6. The van der Waals surface area contributed by atoms with Gasteiger partial charge in [0.1, 0.15) is 17.8 Å². The smallest absolute Gasteiger partial charge is 0.289 e. The van der Waals surface area contributed by atoms with Crippen molar-refractivity contribution < 1.29 is 33.5 Å². The molecular weight excluding hydrogens is 662 g/mol. The number of carbonyl (C=O) groups is 5. The molecule has 12 nitrogen and oxygen atoms in total. The van der Waals surface area contributed by atoms with Crippen molar-refractivity contribution in [1.29, 1.82) is 0 Å². The minimum Gasteiger partial charge on any atom is -0.495 e. The van der Waals surface area contributed by atoms with E-state index in [9.17, 15) is 24.0 Å². The number of hydrogen-bond acceptors (Lipinski definition) is 8. The second kappa shape index (κ2) is 15.3. The van der Waals surface area contributed by atoms with Gasteiger partial charge in [-0.3, -0.25) is 24.0 Å². The second-order valence-corrected chi connectivity index (χ2v) is 16.1. The molecule has 1 spiro atoms. The lowest BCUT2D eigenvalue weighted by molar-refractivity contribution is -0.145. The fourth-order valence-electron chi connectivity index (χ4n) is 7.60. The van der Waals surface area contributed by atoms with Crippen molar-refractivity contribution in [3.05, 3.63) is 28.3 Å². The molecule has 0 bridgehead atoms. The first-order valence-corrected chi connectivity index (χ1v) is 18.3. The lowest BCUT2D eigenvalue weighted by Crippen LogP contribution is -2.59. The van der Waals surface area contributed by atoms with Crippen LogP contribution in [-0.2, 0) is 28.8 Å². The van der Waals surface area contributed by atoms with E-state index in [2.05, 4.69) is 21.1 Å². The minimum atomic E-state index is -1.04. The van der Waals surface area contributed by atoms with Crippen molar-refractivity contribution in [3.63, 3.8) is 0 Å². The number of halogens is 1. The van der Waals surface area contributed by atoms with Gasteiger partial charge in [0.15, 0.2) is 5.60 Å². The van der Waals surface area contributed by atoms with Crippen molar-refractivity contribution in [3.8, 4) is 5.75 Å². The summed E-state index contributed by atoms with van der Waals surface area (Å²) < 4.78 is 5.41. The number of likely N-dealkylation sites (N-methyl/N-ethyl adjacent to an activating group) is 1. The molecule has 0 aromatic heterocycles. The van der Waals surface area contributed by atoms with Crippen LogP contribution in [0.3, 0.4) is 0 Å². The summed E-state index contributed by atoms with van der Waals surface area (Å²) in [4.78, 5) is 75.2. The number of Topliss-reactive ketones (excluding diaryl/α,β-unsaturated/α-hetero) is 1. The molecular formula is C37H52ClN5O7. The van der Waals surface area contributed by atoms with Crippen molar-refractivity contribution in [2.24, 2.45) is 22.4 Å². The van der Waals surface area contributed by atoms with Crippen LogP contribution in [-0.4, -0.2) is 84.5 Å². The maximum atomic E-state index is 14.6.